The van der Waals surface area contributed by atoms with E-state index in [-0.39, 0.29) is 0 Å². The minimum atomic E-state index is 0.523. The molecule has 0 bridgehead atoms. The van der Waals surface area contributed by atoms with Crippen molar-refractivity contribution in [1.29, 1.82) is 0 Å². The van der Waals surface area contributed by atoms with E-state index in [4.69, 9.17) is 10.6 Å². The van der Waals surface area contributed by atoms with Gasteiger partial charge >= 0.3 is 0 Å². The molecule has 1 fully saturated rings. The van der Waals surface area contributed by atoms with E-state index in [1.54, 1.807) is 7.11 Å². The molecule has 6 nitrogen and oxygen atoms in total. The Morgan fingerprint density at radius 2 is 2.05 bits per heavy atom. The third kappa shape index (κ3) is 7.34. The first-order valence-corrected chi connectivity index (χ1v) is 7.21. The molecular weight excluding hydrogens is 242 g/mol. The number of nitrogens with one attached hydrogen (secondary N) is 2. The van der Waals surface area contributed by atoms with Crippen molar-refractivity contribution in [1.82, 2.24) is 15.6 Å². The number of aliphatic imine (C=N–C) groups is 1. The number of nitrogens with two attached hydrogens (primary N) is 1. The number of nitrogens with zero attached hydrogens (tertiary/aromatic N) is 2. The van der Waals surface area contributed by atoms with Crippen LogP contribution in [0.3, 0.4) is 0 Å². The largest absolute Gasteiger partial charge is 0.383 e. The molecule has 0 heterocycles. The molecule has 1 rings (SSSR count). The van der Waals surface area contributed by atoms with Gasteiger partial charge in [-0.05, 0) is 19.9 Å². The van der Waals surface area contributed by atoms with Crippen LogP contribution in [0.1, 0.15) is 32.1 Å². The van der Waals surface area contributed by atoms with E-state index in [9.17, 15) is 0 Å². The van der Waals surface area contributed by atoms with Crippen LogP contribution in [0.2, 0.25) is 0 Å². The second kappa shape index (κ2) is 10.00. The van der Waals surface area contributed by atoms with E-state index in [0.29, 0.717) is 12.0 Å². The van der Waals surface area contributed by atoms with E-state index >= 15 is 0 Å². The Morgan fingerprint density at radius 3 is 2.68 bits per heavy atom. The molecular formula is C13H29N5O. The number of hydrogen-bond donors (Lipinski definition) is 3. The highest BCUT2D eigenvalue weighted by molar-refractivity contribution is 5.79. The average molecular weight is 271 g/mol. The van der Waals surface area contributed by atoms with Crippen LogP contribution in [0, 0.1) is 0 Å². The highest BCUT2D eigenvalue weighted by Crippen LogP contribution is 2.17. The van der Waals surface area contributed by atoms with Gasteiger partial charge in [-0.2, -0.15) is 0 Å². The predicted octanol–water partition coefficient (Wildman–Crippen LogP) is 0.306. The van der Waals surface area contributed by atoms with Gasteiger partial charge in [0.1, 0.15) is 0 Å². The molecule has 0 atom stereocenters. The molecule has 1 aliphatic rings. The lowest BCUT2D eigenvalue weighted by atomic mass is 9.96. The number of guanidine groups is 1. The smallest absolute Gasteiger partial charge is 0.205 e. The standard InChI is InChI=1S/C13H29N5O/c1-18(10-11-19-2)9-8-15-13(17-14)16-12-6-4-3-5-7-12/h12H,3-11,14H2,1-2H3,(H2,15,16,17). The quantitative estimate of drug-likeness (QED) is 0.269. The Kier molecular flexibility index (Phi) is 8.53. The number of rotatable bonds is 7. The lowest BCUT2D eigenvalue weighted by molar-refractivity contribution is 0.163. The van der Waals surface area contributed by atoms with E-state index in [2.05, 4.69) is 27.7 Å². The van der Waals surface area contributed by atoms with Gasteiger partial charge in [-0.25, -0.2) is 5.84 Å². The SMILES string of the molecule is COCCN(C)CCN=C(NN)NC1CCCCC1. The van der Waals surface area contributed by atoms with E-state index in [0.717, 1.165) is 26.2 Å². The van der Waals surface area contributed by atoms with Crippen molar-refractivity contribution >= 4 is 5.96 Å². The second-order valence-electron chi connectivity index (χ2n) is 5.15. The number of hydrogen-bond acceptors (Lipinski definition) is 4. The fourth-order valence-electron chi connectivity index (χ4n) is 2.26. The van der Waals surface area contributed by atoms with Crippen LogP contribution in [0.15, 0.2) is 4.99 Å². The first kappa shape index (κ1) is 16.2. The van der Waals surface area contributed by atoms with Crippen molar-refractivity contribution in [2.45, 2.75) is 38.1 Å². The van der Waals surface area contributed by atoms with Gasteiger partial charge in [0.2, 0.25) is 5.96 Å². The zero-order chi connectivity index (χ0) is 13.9. The summed E-state index contributed by atoms with van der Waals surface area (Å²) in [5.41, 5.74) is 2.66. The average Bonchev–Trinajstić information content (AvgIpc) is 2.45. The Labute approximate surface area is 116 Å². The summed E-state index contributed by atoms with van der Waals surface area (Å²) < 4.78 is 5.04. The molecule has 6 heteroatoms. The molecule has 0 spiro atoms. The summed E-state index contributed by atoms with van der Waals surface area (Å²) in [5.74, 6) is 6.22. The monoisotopic (exact) mass is 271 g/mol. The molecule has 0 amide bonds. The predicted molar refractivity (Wildman–Crippen MR) is 79.0 cm³/mol. The third-order valence-electron chi connectivity index (χ3n) is 3.51. The zero-order valence-corrected chi connectivity index (χ0v) is 12.3. The van der Waals surface area contributed by atoms with Gasteiger partial charge in [0, 0.05) is 26.2 Å². The summed E-state index contributed by atoms with van der Waals surface area (Å²) >= 11 is 0. The highest BCUT2D eigenvalue weighted by atomic mass is 16.5. The van der Waals surface area contributed by atoms with Crippen molar-refractivity contribution in [2.24, 2.45) is 10.8 Å². The van der Waals surface area contributed by atoms with Gasteiger partial charge in [0.25, 0.3) is 0 Å². The summed E-state index contributed by atoms with van der Waals surface area (Å²) in [6, 6.07) is 0.523. The normalized spacial score (nSPS) is 17.8. The van der Waals surface area contributed by atoms with Crippen molar-refractivity contribution < 1.29 is 4.74 Å². The van der Waals surface area contributed by atoms with Crippen LogP contribution in [0.4, 0.5) is 0 Å². The number of ether oxygens (including phenoxy) is 1. The van der Waals surface area contributed by atoms with Gasteiger partial charge in [-0.3, -0.25) is 10.4 Å². The van der Waals surface area contributed by atoms with Crippen LogP contribution in [-0.4, -0.2) is 57.3 Å². The van der Waals surface area contributed by atoms with Crippen LogP contribution in [0.5, 0.6) is 0 Å². The van der Waals surface area contributed by atoms with Crippen LogP contribution in [0.25, 0.3) is 0 Å². The topological polar surface area (TPSA) is 74.9 Å². The van der Waals surface area contributed by atoms with Gasteiger partial charge < -0.3 is 15.0 Å². The molecule has 0 unspecified atom stereocenters. The summed E-state index contributed by atoms with van der Waals surface area (Å²) in [5, 5.41) is 3.39. The summed E-state index contributed by atoms with van der Waals surface area (Å²) in [4.78, 5) is 6.67. The number of methoxy groups -OCH3 is 1. The molecule has 0 aromatic rings. The molecule has 1 aliphatic carbocycles. The molecule has 0 aliphatic heterocycles. The Balaban J connectivity index is 2.22. The fourth-order valence-corrected chi connectivity index (χ4v) is 2.26. The fraction of sp³-hybridized carbons (Fsp3) is 0.923. The Bertz CT molecular complexity index is 253. The zero-order valence-electron chi connectivity index (χ0n) is 12.3. The summed E-state index contributed by atoms with van der Waals surface area (Å²) in [6.07, 6.45) is 6.39. The maximum Gasteiger partial charge on any atom is 0.205 e. The lowest BCUT2D eigenvalue weighted by Crippen LogP contribution is -2.47. The molecule has 112 valence electrons. The van der Waals surface area contributed by atoms with Crippen LogP contribution >= 0.6 is 0 Å². The summed E-state index contributed by atoms with van der Waals surface area (Å²) in [7, 11) is 3.79. The van der Waals surface area contributed by atoms with Gasteiger partial charge in [-0.1, -0.05) is 19.3 Å². The molecule has 0 aromatic carbocycles. The maximum absolute atomic E-state index is 5.51. The number of likely N-dealkylation sites (N-methyl/N-ethyl adjacent to an activating group) is 1. The first-order chi connectivity index (χ1) is 9.26. The lowest BCUT2D eigenvalue weighted by Gasteiger charge is -2.24. The van der Waals surface area contributed by atoms with Crippen molar-refractivity contribution in [3.05, 3.63) is 0 Å². The molecule has 4 N–H and O–H groups in total. The van der Waals surface area contributed by atoms with E-state index in [1.807, 2.05) is 0 Å². The van der Waals surface area contributed by atoms with Crippen molar-refractivity contribution in [3.63, 3.8) is 0 Å². The minimum absolute atomic E-state index is 0.523. The van der Waals surface area contributed by atoms with Gasteiger partial charge in [-0.15, -0.1) is 0 Å². The molecule has 1 saturated carbocycles. The second-order valence-corrected chi connectivity index (χ2v) is 5.15. The highest BCUT2D eigenvalue weighted by Gasteiger charge is 2.13. The van der Waals surface area contributed by atoms with E-state index < -0.39 is 0 Å². The minimum Gasteiger partial charge on any atom is -0.383 e. The van der Waals surface area contributed by atoms with Crippen molar-refractivity contribution in [2.75, 3.05) is 40.4 Å². The van der Waals surface area contributed by atoms with Crippen molar-refractivity contribution in [3.8, 4) is 0 Å². The third-order valence-corrected chi connectivity index (χ3v) is 3.51. The molecule has 0 saturated heterocycles. The first-order valence-electron chi connectivity index (χ1n) is 7.21. The maximum atomic E-state index is 5.51. The molecule has 19 heavy (non-hydrogen) atoms. The Morgan fingerprint density at radius 1 is 1.32 bits per heavy atom. The summed E-state index contributed by atoms with van der Waals surface area (Å²) in [6.45, 7) is 3.32. The molecule has 0 aromatic heterocycles. The number of hydrazine groups is 1. The van der Waals surface area contributed by atoms with Crippen LogP contribution < -0.4 is 16.6 Å². The van der Waals surface area contributed by atoms with Crippen LogP contribution in [-0.2, 0) is 4.74 Å². The van der Waals surface area contributed by atoms with Gasteiger partial charge in [0.05, 0.1) is 13.2 Å². The van der Waals surface area contributed by atoms with Gasteiger partial charge in [0.15, 0.2) is 0 Å². The Hall–Kier alpha value is -0.850. The van der Waals surface area contributed by atoms with E-state index in [1.165, 1.54) is 32.1 Å². The molecule has 0 radical (unpaired) electrons.